The molecule has 0 unspecified atom stereocenters. The number of amides is 3. The van der Waals surface area contributed by atoms with Gasteiger partial charge in [-0.2, -0.15) is 0 Å². The smallest absolute Gasteiger partial charge is 0.410 e. The van der Waals surface area contributed by atoms with Gasteiger partial charge in [0.25, 0.3) is 0 Å². The van der Waals surface area contributed by atoms with Gasteiger partial charge in [-0.3, -0.25) is 14.5 Å². The molecular formula is C55H98N4O4. The largest absolute Gasteiger partial charge is 0.446 e. The maximum Gasteiger partial charge on any atom is 0.410 e. The summed E-state index contributed by atoms with van der Waals surface area (Å²) in [5.74, 6) is 4.67. The van der Waals surface area contributed by atoms with Gasteiger partial charge < -0.3 is 21.1 Å². The second kappa shape index (κ2) is 28.6. The van der Waals surface area contributed by atoms with Crippen LogP contribution in [-0.4, -0.2) is 61.6 Å². The molecule has 8 atom stereocenters. The molecule has 4 rings (SSSR count). The van der Waals surface area contributed by atoms with Gasteiger partial charge >= 0.3 is 6.09 Å². The second-order valence-electron chi connectivity index (χ2n) is 21.8. The Bertz CT molecular complexity index is 1400. The van der Waals surface area contributed by atoms with Gasteiger partial charge in [0, 0.05) is 32.5 Å². The van der Waals surface area contributed by atoms with Crippen LogP contribution in [0.1, 0.15) is 221 Å². The van der Waals surface area contributed by atoms with E-state index < -0.39 is 6.09 Å². The second-order valence-corrected chi connectivity index (χ2v) is 21.8. The lowest BCUT2D eigenvalue weighted by atomic mass is 9.47. The van der Waals surface area contributed by atoms with E-state index >= 15 is 0 Å². The van der Waals surface area contributed by atoms with E-state index in [1.165, 1.54) is 121 Å². The number of rotatable bonds is 31. The van der Waals surface area contributed by atoms with Crippen molar-refractivity contribution in [1.29, 1.82) is 0 Å². The van der Waals surface area contributed by atoms with Crippen molar-refractivity contribution >= 4 is 17.9 Å². The Morgan fingerprint density at radius 2 is 1.46 bits per heavy atom. The van der Waals surface area contributed by atoms with Crippen LogP contribution in [0.4, 0.5) is 4.79 Å². The summed E-state index contributed by atoms with van der Waals surface area (Å²) in [6, 6.07) is 0. The van der Waals surface area contributed by atoms with Crippen molar-refractivity contribution in [3.8, 4) is 0 Å². The molecule has 4 aliphatic carbocycles. The van der Waals surface area contributed by atoms with E-state index in [1.54, 1.807) is 4.90 Å². The van der Waals surface area contributed by atoms with E-state index in [9.17, 15) is 14.4 Å². The Morgan fingerprint density at radius 1 is 0.778 bits per heavy atom. The van der Waals surface area contributed by atoms with Crippen LogP contribution in [0.2, 0.25) is 0 Å². The Morgan fingerprint density at radius 3 is 2.17 bits per heavy atom. The number of hydrogen-bond acceptors (Lipinski definition) is 5. The average molecular weight is 879 g/mol. The van der Waals surface area contributed by atoms with Crippen LogP contribution in [0.15, 0.2) is 23.8 Å². The third-order valence-electron chi connectivity index (χ3n) is 16.7. The predicted molar refractivity (Wildman–Crippen MR) is 263 cm³/mol. The molecule has 0 aliphatic heterocycles. The quantitative estimate of drug-likeness (QED) is 0.0474. The number of carbonyl (C=O) groups excluding carboxylic acids is 3. The predicted octanol–water partition coefficient (Wildman–Crippen LogP) is 13.2. The zero-order chi connectivity index (χ0) is 45.5. The SMILES string of the molecule is CCCCCCCC/C=C\CCCCCCCC(=O)NCCCN(CC(=O)NCCCCN)C(=O)O[C@H]1CC[C@@]2(C)C(=CC[C@H]3[C@@H]4CC[C@H]([C@H](C)CCCC(C)C)[C@@]4(C)CC[C@@H]32)C1. The van der Waals surface area contributed by atoms with Crippen molar-refractivity contribution in [1.82, 2.24) is 15.5 Å². The molecule has 0 aromatic heterocycles. The maximum absolute atomic E-state index is 13.8. The maximum atomic E-state index is 13.8. The van der Waals surface area contributed by atoms with Crippen molar-refractivity contribution in [3.63, 3.8) is 0 Å². The first-order chi connectivity index (χ1) is 30.4. The number of fused-ring (bicyclic) bond motifs is 5. The number of nitrogens with two attached hydrogens (primary N) is 1. The standard InChI is InChI=1S/C55H98N4O4/c1-7-8-9-10-11-12-13-14-15-16-17-18-19-20-21-28-51(60)57-39-25-40-59(42-52(61)58-38-23-22-37-56)53(62)63-46-33-35-54(5)45(41-46)29-30-47-49-32-31-48(44(4)27-24-26-43(2)3)55(49,6)36-34-50(47)54/h14-15,29,43-44,46-50H,7-13,16-28,30-42,56H2,1-6H3,(H,57,60)(H,58,61)/b15-14-/t44-,46+,47+,48-,49+,50+,54+,55-/m1/s1. The summed E-state index contributed by atoms with van der Waals surface area (Å²) in [5.41, 5.74) is 7.81. The number of nitrogens with one attached hydrogen (secondary N) is 2. The van der Waals surface area contributed by atoms with Crippen molar-refractivity contribution < 1.29 is 19.1 Å². The average Bonchev–Trinajstić information content (AvgIpc) is 3.62. The Labute approximate surface area is 387 Å². The van der Waals surface area contributed by atoms with Gasteiger partial charge in [-0.05, 0) is 149 Å². The number of ether oxygens (including phenoxy) is 1. The molecule has 8 nitrogen and oxygen atoms in total. The lowest BCUT2D eigenvalue weighted by molar-refractivity contribution is -0.123. The highest BCUT2D eigenvalue weighted by Crippen LogP contribution is 2.67. The molecular weight excluding hydrogens is 781 g/mol. The van der Waals surface area contributed by atoms with Gasteiger partial charge in [0.2, 0.25) is 11.8 Å². The highest BCUT2D eigenvalue weighted by Gasteiger charge is 2.59. The Kier molecular flexibility index (Phi) is 24.2. The van der Waals surface area contributed by atoms with Crippen molar-refractivity contribution in [2.24, 2.45) is 52.1 Å². The van der Waals surface area contributed by atoms with Crippen LogP contribution in [0.5, 0.6) is 0 Å². The number of carbonyl (C=O) groups is 3. The van der Waals surface area contributed by atoms with Crippen LogP contribution < -0.4 is 16.4 Å². The van der Waals surface area contributed by atoms with Gasteiger partial charge in [-0.25, -0.2) is 4.79 Å². The molecule has 0 saturated heterocycles. The number of hydrogen-bond donors (Lipinski definition) is 3. The van der Waals surface area contributed by atoms with Crippen molar-refractivity contribution in [2.45, 2.75) is 227 Å². The van der Waals surface area contributed by atoms with E-state index in [1.807, 2.05) is 0 Å². The molecule has 0 radical (unpaired) electrons. The summed E-state index contributed by atoms with van der Waals surface area (Å²) in [6.07, 6.45) is 39.0. The van der Waals surface area contributed by atoms with Crippen LogP contribution >= 0.6 is 0 Å². The van der Waals surface area contributed by atoms with Crippen LogP contribution in [0.25, 0.3) is 0 Å². The number of nitrogens with zero attached hydrogens (tertiary/aromatic N) is 1. The van der Waals surface area contributed by atoms with Gasteiger partial charge in [-0.15, -0.1) is 0 Å². The topological polar surface area (TPSA) is 114 Å². The minimum absolute atomic E-state index is 0.0430. The minimum atomic E-state index is -0.414. The minimum Gasteiger partial charge on any atom is -0.446 e. The Hall–Kier alpha value is -2.35. The molecule has 4 N–H and O–H groups in total. The lowest BCUT2D eigenvalue weighted by Crippen LogP contribution is -2.51. The zero-order valence-electron chi connectivity index (χ0n) is 41.8. The van der Waals surface area contributed by atoms with Crippen LogP contribution in [-0.2, 0) is 14.3 Å². The molecule has 63 heavy (non-hydrogen) atoms. The molecule has 8 heteroatoms. The highest BCUT2D eigenvalue weighted by atomic mass is 16.6. The van der Waals surface area contributed by atoms with Crippen LogP contribution in [0.3, 0.4) is 0 Å². The molecule has 0 spiro atoms. The third-order valence-corrected chi connectivity index (χ3v) is 16.7. The zero-order valence-corrected chi connectivity index (χ0v) is 41.8. The van der Waals surface area contributed by atoms with Crippen molar-refractivity contribution in [3.05, 3.63) is 23.8 Å². The molecule has 0 aromatic rings. The monoisotopic (exact) mass is 879 g/mol. The first-order valence-electron chi connectivity index (χ1n) is 27.0. The molecule has 0 heterocycles. The van der Waals surface area contributed by atoms with Gasteiger partial charge in [0.15, 0.2) is 0 Å². The normalized spacial score (nSPS) is 27.0. The summed E-state index contributed by atoms with van der Waals surface area (Å²) in [5, 5.41) is 6.02. The fourth-order valence-corrected chi connectivity index (χ4v) is 12.9. The molecule has 3 saturated carbocycles. The molecule has 362 valence electrons. The van der Waals surface area contributed by atoms with E-state index in [4.69, 9.17) is 10.5 Å². The number of unbranched alkanes of at least 4 members (excludes halogenated alkanes) is 12. The summed E-state index contributed by atoms with van der Waals surface area (Å²) in [7, 11) is 0. The summed E-state index contributed by atoms with van der Waals surface area (Å²) in [4.78, 5) is 41.0. The van der Waals surface area contributed by atoms with E-state index in [0.717, 1.165) is 81.0 Å². The highest BCUT2D eigenvalue weighted by molar-refractivity contribution is 5.82. The molecule has 0 aromatic carbocycles. The Balaban J connectivity index is 1.19. The van der Waals surface area contributed by atoms with E-state index in [-0.39, 0.29) is 29.9 Å². The van der Waals surface area contributed by atoms with Gasteiger partial charge in [0.05, 0.1) is 0 Å². The molecule has 0 bridgehead atoms. The fraction of sp³-hybridized carbons (Fsp3) is 0.873. The van der Waals surface area contributed by atoms with E-state index in [0.29, 0.717) is 50.4 Å². The van der Waals surface area contributed by atoms with Crippen molar-refractivity contribution in [2.75, 3.05) is 32.7 Å². The molecule has 3 amide bonds. The molecule has 4 aliphatic rings. The molecule has 3 fully saturated rings. The van der Waals surface area contributed by atoms with E-state index in [2.05, 4.69) is 70.4 Å². The van der Waals surface area contributed by atoms with Gasteiger partial charge in [-0.1, -0.05) is 136 Å². The third kappa shape index (κ3) is 17.1. The first kappa shape index (κ1) is 53.3. The summed E-state index contributed by atoms with van der Waals surface area (Å²) in [6.45, 7) is 16.7. The van der Waals surface area contributed by atoms with Crippen LogP contribution in [0, 0.1) is 46.3 Å². The summed E-state index contributed by atoms with van der Waals surface area (Å²) < 4.78 is 6.27. The van der Waals surface area contributed by atoms with Gasteiger partial charge in [0.1, 0.15) is 12.6 Å². The fourth-order valence-electron chi connectivity index (χ4n) is 12.9. The summed E-state index contributed by atoms with van der Waals surface area (Å²) >= 11 is 0. The lowest BCUT2D eigenvalue weighted by Gasteiger charge is -2.58. The first-order valence-corrected chi connectivity index (χ1v) is 27.0. The number of allylic oxidation sites excluding steroid dienone is 3.